The molecule has 6 atom stereocenters. The topological polar surface area (TPSA) is 206 Å². The zero-order valence-electron chi connectivity index (χ0n) is 31.8. The summed E-state index contributed by atoms with van der Waals surface area (Å²) in [7, 11) is 4.07. The van der Waals surface area contributed by atoms with Gasteiger partial charge in [-0.2, -0.15) is 5.01 Å². The summed E-state index contributed by atoms with van der Waals surface area (Å²) < 4.78 is 19.4. The van der Waals surface area contributed by atoms with Crippen molar-refractivity contribution in [1.82, 2.24) is 5.01 Å². The number of hydrogen-bond acceptors (Lipinski definition) is 12. The molecule has 2 aliphatic carbocycles. The monoisotopic (exact) mass is 858 g/mol. The number of rotatable bonds is 9. The SMILES string of the molecule is COc1cc([C@H]2C3=CC[C@@H]4C(=O)N(c5cc([N+](=O)[O-])c(N(C)C)c([N+](=O)[O-])c5)C(=O)[C@@H]4[C@@H]3C[C@H]3C(=O)N(Nc4ccc(F)cc4)C(=O)[C@@]23c2ccc(Cl)cc2)cc(Cl)c1O. The van der Waals surface area contributed by atoms with Crippen LogP contribution in [0.1, 0.15) is 29.9 Å². The number of nitro benzene ring substituents is 2. The number of carbonyl (C=O) groups is 4. The van der Waals surface area contributed by atoms with Crippen LogP contribution in [0.4, 0.5) is 32.8 Å². The fraction of sp³-hybridized carbons (Fsp3) is 0.268. The molecule has 19 heteroatoms. The van der Waals surface area contributed by atoms with Gasteiger partial charge in [0.25, 0.3) is 11.8 Å². The van der Waals surface area contributed by atoms with Gasteiger partial charge in [0.2, 0.25) is 11.8 Å². The van der Waals surface area contributed by atoms with Gasteiger partial charge in [0.15, 0.2) is 17.2 Å². The highest BCUT2D eigenvalue weighted by molar-refractivity contribution is 6.32. The summed E-state index contributed by atoms with van der Waals surface area (Å²) in [6.45, 7) is 0. The first-order valence-electron chi connectivity index (χ1n) is 18.5. The normalized spacial score (nSPS) is 24.4. The van der Waals surface area contributed by atoms with Crippen LogP contribution in [-0.2, 0) is 24.6 Å². The smallest absolute Gasteiger partial charge is 0.301 e. The predicted octanol–water partition coefficient (Wildman–Crippen LogP) is 6.92. The molecule has 0 unspecified atom stereocenters. The molecule has 2 saturated heterocycles. The number of nitro groups is 2. The van der Waals surface area contributed by atoms with Crippen molar-refractivity contribution in [2.75, 3.05) is 36.4 Å². The molecule has 4 aromatic carbocycles. The summed E-state index contributed by atoms with van der Waals surface area (Å²) >= 11 is 13.0. The van der Waals surface area contributed by atoms with E-state index in [4.69, 9.17) is 27.9 Å². The van der Waals surface area contributed by atoms with E-state index in [-0.39, 0.29) is 40.7 Å². The maximum atomic E-state index is 15.4. The molecule has 1 saturated carbocycles. The Morgan fingerprint density at radius 2 is 1.53 bits per heavy atom. The van der Waals surface area contributed by atoms with Gasteiger partial charge in [0.05, 0.1) is 56.5 Å². The molecule has 4 aliphatic rings. The first kappa shape index (κ1) is 40.2. The molecule has 0 spiro atoms. The van der Waals surface area contributed by atoms with Gasteiger partial charge in [-0.1, -0.05) is 47.0 Å². The van der Waals surface area contributed by atoms with Crippen LogP contribution in [0, 0.1) is 49.7 Å². The second kappa shape index (κ2) is 14.6. The molecular formula is C41H33Cl2FN6O10. The minimum Gasteiger partial charge on any atom is -0.503 e. The number of hydrogen-bond donors (Lipinski definition) is 2. The number of nitrogens with zero attached hydrogens (tertiary/aromatic N) is 5. The van der Waals surface area contributed by atoms with E-state index in [1.807, 2.05) is 0 Å². The van der Waals surface area contributed by atoms with Gasteiger partial charge in [-0.15, -0.1) is 0 Å². The molecular weight excluding hydrogens is 826 g/mol. The lowest BCUT2D eigenvalue weighted by Crippen LogP contribution is -2.53. The number of nitrogens with one attached hydrogen (secondary N) is 1. The number of allylic oxidation sites excluding steroid dienone is 2. The average molecular weight is 860 g/mol. The number of halogens is 3. The lowest BCUT2D eigenvalue weighted by Gasteiger charge is -2.50. The number of phenolic OH excluding ortho intramolecular Hbond substituents is 1. The molecule has 4 amide bonds. The summed E-state index contributed by atoms with van der Waals surface area (Å²) in [4.78, 5) is 84.2. The highest BCUT2D eigenvalue weighted by atomic mass is 35.5. The van der Waals surface area contributed by atoms with E-state index in [0.717, 1.165) is 34.2 Å². The summed E-state index contributed by atoms with van der Waals surface area (Å²) in [5, 5.41) is 36.4. The van der Waals surface area contributed by atoms with E-state index in [0.29, 0.717) is 21.7 Å². The lowest BCUT2D eigenvalue weighted by molar-refractivity contribution is -0.392. The number of ether oxygens (including phenoxy) is 1. The minimum absolute atomic E-state index is 0.0575. The van der Waals surface area contributed by atoms with E-state index in [9.17, 15) is 44.1 Å². The Morgan fingerprint density at radius 3 is 2.12 bits per heavy atom. The Morgan fingerprint density at radius 1 is 0.900 bits per heavy atom. The Labute approximate surface area is 350 Å². The number of amides is 4. The first-order valence-corrected chi connectivity index (χ1v) is 19.2. The maximum Gasteiger partial charge on any atom is 0.301 e. The molecule has 0 radical (unpaired) electrons. The number of imide groups is 2. The van der Waals surface area contributed by atoms with Gasteiger partial charge >= 0.3 is 11.4 Å². The summed E-state index contributed by atoms with van der Waals surface area (Å²) in [6.07, 6.45) is 1.52. The molecule has 3 fully saturated rings. The van der Waals surface area contributed by atoms with E-state index < -0.39 is 91.4 Å². The maximum absolute atomic E-state index is 15.4. The van der Waals surface area contributed by atoms with Crippen molar-refractivity contribution < 1.29 is 43.3 Å². The van der Waals surface area contributed by atoms with Gasteiger partial charge in [-0.05, 0) is 78.4 Å². The fourth-order valence-electron chi connectivity index (χ4n) is 9.66. The van der Waals surface area contributed by atoms with Crippen molar-refractivity contribution in [3.8, 4) is 11.5 Å². The van der Waals surface area contributed by atoms with Crippen LogP contribution in [0.25, 0.3) is 0 Å². The molecule has 8 rings (SSSR count). The van der Waals surface area contributed by atoms with Gasteiger partial charge in [-0.25, -0.2) is 9.29 Å². The van der Waals surface area contributed by atoms with Crippen molar-refractivity contribution in [1.29, 1.82) is 0 Å². The average Bonchev–Trinajstić information content (AvgIpc) is 3.59. The Bertz CT molecular complexity index is 2550. The molecule has 60 heavy (non-hydrogen) atoms. The van der Waals surface area contributed by atoms with E-state index in [1.165, 1.54) is 50.4 Å². The first-order chi connectivity index (χ1) is 28.5. The fourth-order valence-corrected chi connectivity index (χ4v) is 10.0. The Balaban J connectivity index is 1.33. The lowest BCUT2D eigenvalue weighted by atomic mass is 9.49. The Hall–Kier alpha value is -6.59. The third-order valence-corrected chi connectivity index (χ3v) is 12.6. The van der Waals surface area contributed by atoms with E-state index in [2.05, 4.69) is 5.43 Å². The van der Waals surface area contributed by atoms with Gasteiger partial charge in [0.1, 0.15) is 5.82 Å². The number of carbonyl (C=O) groups excluding carboxylic acids is 4. The van der Waals surface area contributed by atoms with Crippen molar-refractivity contribution in [3.05, 3.63) is 132 Å². The number of phenols is 1. The third kappa shape index (κ3) is 5.93. The van der Waals surface area contributed by atoms with Gasteiger partial charge < -0.3 is 14.7 Å². The number of benzene rings is 4. The van der Waals surface area contributed by atoms with Crippen LogP contribution in [0.15, 0.2) is 84.4 Å². The molecule has 16 nitrogen and oxygen atoms in total. The third-order valence-electron chi connectivity index (χ3n) is 12.0. The van der Waals surface area contributed by atoms with Crippen molar-refractivity contribution in [2.24, 2.45) is 23.7 Å². The zero-order valence-corrected chi connectivity index (χ0v) is 33.3. The zero-order chi connectivity index (χ0) is 43.1. The van der Waals surface area contributed by atoms with Crippen LogP contribution in [0.5, 0.6) is 11.5 Å². The van der Waals surface area contributed by atoms with E-state index in [1.54, 1.807) is 30.3 Å². The number of anilines is 3. The molecule has 308 valence electrons. The van der Waals surface area contributed by atoms with Gasteiger partial charge in [-0.3, -0.25) is 44.8 Å². The molecule has 0 bridgehead atoms. The van der Waals surface area contributed by atoms with Crippen LogP contribution < -0.4 is 20.0 Å². The number of hydrazine groups is 1. The van der Waals surface area contributed by atoms with Crippen LogP contribution in [0.2, 0.25) is 10.0 Å². The molecule has 2 N–H and O–H groups in total. The summed E-state index contributed by atoms with van der Waals surface area (Å²) in [6, 6.07) is 16.1. The van der Waals surface area contributed by atoms with Crippen LogP contribution >= 0.6 is 23.2 Å². The molecule has 0 aromatic heterocycles. The van der Waals surface area contributed by atoms with Crippen LogP contribution in [0.3, 0.4) is 0 Å². The van der Waals surface area contributed by atoms with Crippen molar-refractivity contribution in [2.45, 2.75) is 24.2 Å². The second-order valence-corrected chi connectivity index (χ2v) is 16.0. The molecule has 2 aliphatic heterocycles. The van der Waals surface area contributed by atoms with Crippen molar-refractivity contribution >= 4 is 75.3 Å². The van der Waals surface area contributed by atoms with Gasteiger partial charge in [0, 0.05) is 37.2 Å². The number of methoxy groups -OCH3 is 1. The number of fused-ring (bicyclic) bond motifs is 4. The highest BCUT2D eigenvalue weighted by Crippen LogP contribution is 2.65. The summed E-state index contributed by atoms with van der Waals surface area (Å²) in [5.74, 6) is -9.53. The minimum atomic E-state index is -1.79. The van der Waals surface area contributed by atoms with Crippen LogP contribution in [-0.4, -0.2) is 64.8 Å². The quantitative estimate of drug-likeness (QED) is 0.0762. The summed E-state index contributed by atoms with van der Waals surface area (Å²) in [5.41, 5.74) is 0.316. The van der Waals surface area contributed by atoms with E-state index >= 15 is 4.79 Å². The largest absolute Gasteiger partial charge is 0.503 e. The highest BCUT2D eigenvalue weighted by Gasteiger charge is 2.70. The second-order valence-electron chi connectivity index (χ2n) is 15.2. The number of aromatic hydroxyl groups is 1. The molecule has 4 aromatic rings. The molecule has 2 heterocycles. The standard InChI is InChI=1S/C41H33Cl2FN6O10/c1-46(2)35-30(49(56)57)16-24(17-31(35)50(58)59)47-37(52)26-13-12-25-27(33(26)39(47)54)18-28-38(53)48(45-23-10-8-22(44)9-11-23)40(55)41(28,20-4-6-21(42)7-5-20)34(25)19-14-29(43)36(51)32(15-19)60-3/h4-12,14-17,26-28,33-34,45,51H,13,18H2,1-3H3/t26-,27+,28-,33-,34-,41+/m0/s1. The Kier molecular flexibility index (Phi) is 9.78. The van der Waals surface area contributed by atoms with Crippen molar-refractivity contribution in [3.63, 3.8) is 0 Å². The predicted molar refractivity (Wildman–Crippen MR) is 215 cm³/mol.